The molecule has 1 aliphatic heterocycles. The predicted octanol–water partition coefficient (Wildman–Crippen LogP) is 3.16. The quantitative estimate of drug-likeness (QED) is 0.792. The number of nitrogens with zero attached hydrogens (tertiary/aromatic N) is 1. The van der Waals surface area contributed by atoms with Crippen LogP contribution in [0.3, 0.4) is 0 Å². The number of halogens is 2. The molecule has 1 aromatic rings. The molecule has 26 heavy (non-hydrogen) atoms. The average molecular weight is 385 g/mol. The molecule has 4 nitrogen and oxygen atoms in total. The van der Waals surface area contributed by atoms with Crippen LogP contribution in [-0.2, 0) is 4.79 Å². The van der Waals surface area contributed by atoms with Gasteiger partial charge in [0, 0.05) is 12.5 Å². The second kappa shape index (κ2) is 8.68. The Morgan fingerprint density at radius 1 is 1.27 bits per heavy atom. The normalized spacial score (nSPS) is 22.0. The van der Waals surface area contributed by atoms with Crippen LogP contribution in [0.4, 0.5) is 4.39 Å². The lowest BCUT2D eigenvalue weighted by Gasteiger charge is -2.30. The van der Waals surface area contributed by atoms with E-state index >= 15 is 0 Å². The molecule has 2 unspecified atom stereocenters. The Kier molecular flexibility index (Phi) is 7.05. The lowest BCUT2D eigenvalue weighted by atomic mass is 9.91. The van der Waals surface area contributed by atoms with Gasteiger partial charge in [-0.05, 0) is 61.4 Å². The molecule has 1 saturated carbocycles. The molecule has 3 rings (SSSR count). The summed E-state index contributed by atoms with van der Waals surface area (Å²) in [6.07, 6.45) is 2.33. The van der Waals surface area contributed by atoms with Crippen molar-refractivity contribution >= 4 is 18.3 Å². The van der Waals surface area contributed by atoms with E-state index in [-0.39, 0.29) is 42.0 Å². The average Bonchev–Trinajstić information content (AvgIpc) is 3.27. The SMILES string of the molecule is CC(C)CN(CC(O)c1ccc(F)cc1)C(=O)C1CC12CCNCC2.Cl. The molecule has 1 saturated heterocycles. The molecular formula is C20H30ClFN2O2. The summed E-state index contributed by atoms with van der Waals surface area (Å²) in [6.45, 7) is 7.06. The van der Waals surface area contributed by atoms with Gasteiger partial charge in [-0.25, -0.2) is 4.39 Å². The molecule has 1 aliphatic carbocycles. The van der Waals surface area contributed by atoms with E-state index in [0.717, 1.165) is 32.4 Å². The van der Waals surface area contributed by atoms with Crippen molar-refractivity contribution in [2.75, 3.05) is 26.2 Å². The number of aliphatic hydroxyl groups is 1. The third-order valence-corrected chi connectivity index (χ3v) is 5.63. The lowest BCUT2D eigenvalue weighted by Crippen LogP contribution is -2.40. The van der Waals surface area contributed by atoms with Gasteiger partial charge in [-0.3, -0.25) is 4.79 Å². The first-order valence-electron chi connectivity index (χ1n) is 9.34. The van der Waals surface area contributed by atoms with Crippen molar-refractivity contribution in [3.8, 4) is 0 Å². The molecule has 2 N–H and O–H groups in total. The number of carbonyl (C=O) groups excluding carboxylic acids is 1. The van der Waals surface area contributed by atoms with E-state index in [4.69, 9.17) is 0 Å². The van der Waals surface area contributed by atoms with Crippen molar-refractivity contribution in [3.05, 3.63) is 35.6 Å². The van der Waals surface area contributed by atoms with Gasteiger partial charge in [0.1, 0.15) is 5.82 Å². The Bertz CT molecular complexity index is 602. The van der Waals surface area contributed by atoms with Crippen molar-refractivity contribution in [1.29, 1.82) is 0 Å². The molecule has 1 heterocycles. The van der Waals surface area contributed by atoms with E-state index in [1.54, 1.807) is 12.1 Å². The van der Waals surface area contributed by atoms with Gasteiger partial charge in [-0.1, -0.05) is 26.0 Å². The number of hydrogen-bond acceptors (Lipinski definition) is 3. The molecule has 0 bridgehead atoms. The van der Waals surface area contributed by atoms with Crippen LogP contribution in [0.5, 0.6) is 0 Å². The minimum Gasteiger partial charge on any atom is -0.387 e. The molecule has 1 amide bonds. The van der Waals surface area contributed by atoms with E-state index in [2.05, 4.69) is 19.2 Å². The highest BCUT2D eigenvalue weighted by Crippen LogP contribution is 2.59. The molecule has 2 aliphatic rings. The molecule has 2 atom stereocenters. The Morgan fingerprint density at radius 3 is 2.46 bits per heavy atom. The first-order chi connectivity index (χ1) is 11.9. The number of amides is 1. The molecule has 0 aromatic heterocycles. The van der Waals surface area contributed by atoms with Crippen LogP contribution >= 0.6 is 12.4 Å². The maximum Gasteiger partial charge on any atom is 0.226 e. The highest BCUT2D eigenvalue weighted by molar-refractivity contribution is 5.85. The number of aliphatic hydroxyl groups excluding tert-OH is 1. The first kappa shape index (κ1) is 21.1. The molecule has 0 radical (unpaired) electrons. The highest BCUT2D eigenvalue weighted by atomic mass is 35.5. The fourth-order valence-electron chi connectivity index (χ4n) is 4.09. The van der Waals surface area contributed by atoms with Crippen molar-refractivity contribution < 1.29 is 14.3 Å². The zero-order chi connectivity index (χ0) is 18.0. The second-order valence-electron chi connectivity index (χ2n) is 8.07. The van der Waals surface area contributed by atoms with Crippen LogP contribution in [0.25, 0.3) is 0 Å². The number of hydrogen-bond donors (Lipinski definition) is 2. The van der Waals surface area contributed by atoms with Crippen LogP contribution in [0, 0.1) is 23.1 Å². The minimum absolute atomic E-state index is 0. The van der Waals surface area contributed by atoms with Crippen LogP contribution in [0.15, 0.2) is 24.3 Å². The topological polar surface area (TPSA) is 52.6 Å². The number of carbonyl (C=O) groups is 1. The van der Waals surface area contributed by atoms with Gasteiger partial charge >= 0.3 is 0 Å². The third kappa shape index (κ3) is 4.76. The predicted molar refractivity (Wildman–Crippen MR) is 103 cm³/mol. The summed E-state index contributed by atoms with van der Waals surface area (Å²) in [4.78, 5) is 14.9. The number of nitrogens with one attached hydrogen (secondary N) is 1. The van der Waals surface area contributed by atoms with E-state index < -0.39 is 6.10 Å². The number of piperidine rings is 1. The lowest BCUT2D eigenvalue weighted by molar-refractivity contribution is -0.135. The zero-order valence-corrected chi connectivity index (χ0v) is 16.4. The van der Waals surface area contributed by atoms with Crippen LogP contribution in [0.2, 0.25) is 0 Å². The first-order valence-corrected chi connectivity index (χ1v) is 9.34. The summed E-state index contributed by atoms with van der Waals surface area (Å²) >= 11 is 0. The smallest absolute Gasteiger partial charge is 0.226 e. The summed E-state index contributed by atoms with van der Waals surface area (Å²) in [5, 5.41) is 13.9. The van der Waals surface area contributed by atoms with Gasteiger partial charge in [0.05, 0.1) is 12.6 Å². The van der Waals surface area contributed by atoms with Gasteiger partial charge in [0.2, 0.25) is 5.91 Å². The molecule has 1 aromatic carbocycles. The minimum atomic E-state index is -0.786. The van der Waals surface area contributed by atoms with E-state index in [9.17, 15) is 14.3 Å². The Morgan fingerprint density at radius 2 is 1.88 bits per heavy atom. The van der Waals surface area contributed by atoms with Crippen LogP contribution in [-0.4, -0.2) is 42.1 Å². The zero-order valence-electron chi connectivity index (χ0n) is 15.6. The summed E-state index contributed by atoms with van der Waals surface area (Å²) in [7, 11) is 0. The Labute approximate surface area is 161 Å². The largest absolute Gasteiger partial charge is 0.387 e. The van der Waals surface area contributed by atoms with E-state index in [1.807, 2.05) is 4.90 Å². The fraction of sp³-hybridized carbons (Fsp3) is 0.650. The highest BCUT2D eigenvalue weighted by Gasteiger charge is 2.58. The summed E-state index contributed by atoms with van der Waals surface area (Å²) < 4.78 is 13.1. The van der Waals surface area contributed by atoms with Gasteiger partial charge < -0.3 is 15.3 Å². The van der Waals surface area contributed by atoms with Crippen molar-refractivity contribution in [2.45, 2.75) is 39.2 Å². The van der Waals surface area contributed by atoms with E-state index in [1.165, 1.54) is 12.1 Å². The molecule has 146 valence electrons. The Hall–Kier alpha value is -1.17. The number of benzene rings is 1. The number of rotatable bonds is 6. The van der Waals surface area contributed by atoms with Gasteiger partial charge in [-0.2, -0.15) is 0 Å². The van der Waals surface area contributed by atoms with Crippen molar-refractivity contribution in [3.63, 3.8) is 0 Å². The van der Waals surface area contributed by atoms with Crippen molar-refractivity contribution in [1.82, 2.24) is 10.2 Å². The maximum absolute atomic E-state index is 13.1. The molecule has 6 heteroatoms. The monoisotopic (exact) mass is 384 g/mol. The molecule has 2 fully saturated rings. The van der Waals surface area contributed by atoms with Gasteiger partial charge in [0.25, 0.3) is 0 Å². The van der Waals surface area contributed by atoms with Gasteiger partial charge in [-0.15, -0.1) is 12.4 Å². The standard InChI is InChI=1S/C20H29FN2O2.ClH/c1-14(2)12-23(13-18(24)15-3-5-16(21)6-4-15)19(25)17-11-20(17)7-9-22-10-8-20;/h3-6,14,17-18,22,24H,7-13H2,1-2H3;1H. The summed E-state index contributed by atoms with van der Waals surface area (Å²) in [5.74, 6) is 0.300. The maximum atomic E-state index is 13.1. The van der Waals surface area contributed by atoms with E-state index in [0.29, 0.717) is 18.0 Å². The summed E-state index contributed by atoms with van der Waals surface area (Å²) in [6, 6.07) is 5.86. The molecular weight excluding hydrogens is 355 g/mol. The van der Waals surface area contributed by atoms with Gasteiger partial charge in [0.15, 0.2) is 0 Å². The van der Waals surface area contributed by atoms with Crippen LogP contribution in [0.1, 0.15) is 44.8 Å². The third-order valence-electron chi connectivity index (χ3n) is 5.63. The summed E-state index contributed by atoms with van der Waals surface area (Å²) in [5.41, 5.74) is 0.841. The van der Waals surface area contributed by atoms with Crippen LogP contribution < -0.4 is 5.32 Å². The molecule has 1 spiro atoms. The van der Waals surface area contributed by atoms with Crippen molar-refractivity contribution in [2.24, 2.45) is 17.3 Å². The Balaban J connectivity index is 0.00000243. The second-order valence-corrected chi connectivity index (χ2v) is 8.07. The fourth-order valence-corrected chi connectivity index (χ4v) is 4.09.